The van der Waals surface area contributed by atoms with Crippen LogP contribution in [0.5, 0.6) is 11.5 Å². The summed E-state index contributed by atoms with van der Waals surface area (Å²) >= 11 is 1.54. The monoisotopic (exact) mass is 399 g/mol. The third-order valence-corrected chi connectivity index (χ3v) is 4.95. The summed E-state index contributed by atoms with van der Waals surface area (Å²) in [5.41, 5.74) is 2.86. The second-order valence-corrected chi connectivity index (χ2v) is 7.13. The molecule has 28 heavy (non-hydrogen) atoms. The number of hydrogen-bond donors (Lipinski definition) is 1. The molecule has 0 aliphatic carbocycles. The SMILES string of the molecule is COc1ccc([N+](=O)[O-])cc1CNCc1csc(COc2ccc(C)cc2)n1. The summed E-state index contributed by atoms with van der Waals surface area (Å²) in [6.07, 6.45) is 0. The molecule has 0 aliphatic heterocycles. The zero-order valence-corrected chi connectivity index (χ0v) is 16.5. The van der Waals surface area contributed by atoms with E-state index in [-0.39, 0.29) is 5.69 Å². The van der Waals surface area contributed by atoms with Crippen LogP contribution in [0.15, 0.2) is 47.8 Å². The van der Waals surface area contributed by atoms with Crippen LogP contribution in [0, 0.1) is 17.0 Å². The number of nitro groups is 1. The first-order valence-electron chi connectivity index (χ1n) is 8.70. The fourth-order valence-electron chi connectivity index (χ4n) is 2.62. The topological polar surface area (TPSA) is 86.5 Å². The third-order valence-electron chi connectivity index (χ3n) is 4.08. The van der Waals surface area contributed by atoms with Crippen molar-refractivity contribution in [2.45, 2.75) is 26.6 Å². The molecular weight excluding hydrogens is 378 g/mol. The maximum absolute atomic E-state index is 11.0. The number of methoxy groups -OCH3 is 1. The van der Waals surface area contributed by atoms with Crippen LogP contribution in [0.25, 0.3) is 0 Å². The molecule has 0 spiro atoms. The van der Waals surface area contributed by atoms with E-state index in [0.717, 1.165) is 22.0 Å². The number of nitro benzene ring substituents is 1. The minimum Gasteiger partial charge on any atom is -0.496 e. The maximum Gasteiger partial charge on any atom is 0.270 e. The molecule has 0 unspecified atom stereocenters. The number of rotatable bonds is 9. The lowest BCUT2D eigenvalue weighted by Crippen LogP contribution is -2.14. The van der Waals surface area contributed by atoms with Gasteiger partial charge in [-0.1, -0.05) is 17.7 Å². The van der Waals surface area contributed by atoms with Crippen LogP contribution in [-0.4, -0.2) is 17.0 Å². The van der Waals surface area contributed by atoms with Crippen LogP contribution in [0.2, 0.25) is 0 Å². The lowest BCUT2D eigenvalue weighted by molar-refractivity contribution is -0.384. The summed E-state index contributed by atoms with van der Waals surface area (Å²) in [6, 6.07) is 12.5. The van der Waals surface area contributed by atoms with E-state index in [9.17, 15) is 10.1 Å². The number of thiazole rings is 1. The lowest BCUT2D eigenvalue weighted by atomic mass is 10.1. The Labute approximate surface area is 167 Å². The number of ether oxygens (including phenoxy) is 2. The molecule has 3 rings (SSSR count). The molecule has 2 aromatic carbocycles. The number of hydrogen-bond acceptors (Lipinski definition) is 7. The molecule has 0 saturated heterocycles. The Morgan fingerprint density at radius 2 is 1.96 bits per heavy atom. The van der Waals surface area contributed by atoms with E-state index in [1.54, 1.807) is 24.5 Å². The van der Waals surface area contributed by atoms with Gasteiger partial charge >= 0.3 is 0 Å². The molecule has 0 aliphatic rings. The lowest BCUT2D eigenvalue weighted by Gasteiger charge is -2.09. The summed E-state index contributed by atoms with van der Waals surface area (Å²) < 4.78 is 11.0. The molecule has 1 aromatic heterocycles. The van der Waals surface area contributed by atoms with Crippen molar-refractivity contribution in [3.05, 3.63) is 79.8 Å². The molecule has 146 valence electrons. The minimum atomic E-state index is -0.413. The average molecular weight is 399 g/mol. The highest BCUT2D eigenvalue weighted by atomic mass is 32.1. The Balaban J connectivity index is 1.52. The molecular formula is C20H21N3O4S. The standard InChI is InChI=1S/C20H21N3O4S/c1-14-3-6-18(7-4-14)27-12-20-22-16(13-28-20)11-21-10-15-9-17(23(24)25)5-8-19(15)26-2/h3-9,13,21H,10-12H2,1-2H3. The fraction of sp³-hybridized carbons (Fsp3) is 0.250. The Morgan fingerprint density at radius 1 is 1.18 bits per heavy atom. The second kappa shape index (κ2) is 9.29. The van der Waals surface area contributed by atoms with Gasteiger partial charge in [0.05, 0.1) is 17.7 Å². The van der Waals surface area contributed by atoms with Gasteiger partial charge in [-0.25, -0.2) is 4.98 Å². The van der Waals surface area contributed by atoms with Crippen molar-refractivity contribution in [2.75, 3.05) is 7.11 Å². The smallest absolute Gasteiger partial charge is 0.270 e. The fourth-order valence-corrected chi connectivity index (χ4v) is 3.32. The summed E-state index contributed by atoms with van der Waals surface area (Å²) in [6.45, 7) is 3.45. The van der Waals surface area contributed by atoms with Crippen LogP contribution in [0.3, 0.4) is 0 Å². The zero-order valence-electron chi connectivity index (χ0n) is 15.7. The van der Waals surface area contributed by atoms with Crippen molar-refractivity contribution in [1.29, 1.82) is 0 Å². The summed E-state index contributed by atoms with van der Waals surface area (Å²) in [5.74, 6) is 1.43. The summed E-state index contributed by atoms with van der Waals surface area (Å²) in [7, 11) is 1.55. The Bertz CT molecular complexity index is 941. The van der Waals surface area contributed by atoms with Crippen LogP contribution < -0.4 is 14.8 Å². The molecule has 3 aromatic rings. The first kappa shape index (κ1) is 19.8. The van der Waals surface area contributed by atoms with Gasteiger partial charge in [0.15, 0.2) is 0 Å². The van der Waals surface area contributed by atoms with Gasteiger partial charge in [0.25, 0.3) is 5.69 Å². The van der Waals surface area contributed by atoms with Crippen LogP contribution in [0.4, 0.5) is 5.69 Å². The van der Waals surface area contributed by atoms with Gasteiger partial charge in [-0.05, 0) is 25.1 Å². The maximum atomic E-state index is 11.0. The Kier molecular flexibility index (Phi) is 6.57. The van der Waals surface area contributed by atoms with E-state index in [4.69, 9.17) is 9.47 Å². The molecule has 0 fully saturated rings. The highest BCUT2D eigenvalue weighted by Crippen LogP contribution is 2.24. The van der Waals surface area contributed by atoms with Crippen LogP contribution >= 0.6 is 11.3 Å². The van der Waals surface area contributed by atoms with Gasteiger partial charge in [-0.3, -0.25) is 10.1 Å². The highest BCUT2D eigenvalue weighted by Gasteiger charge is 2.11. The largest absolute Gasteiger partial charge is 0.496 e. The van der Waals surface area contributed by atoms with Gasteiger partial charge in [0.1, 0.15) is 23.1 Å². The van der Waals surface area contributed by atoms with E-state index in [0.29, 0.717) is 25.4 Å². The molecule has 8 heteroatoms. The van der Waals surface area contributed by atoms with Crippen molar-refractivity contribution in [3.8, 4) is 11.5 Å². The number of aryl methyl sites for hydroxylation is 1. The van der Waals surface area contributed by atoms with E-state index < -0.39 is 4.92 Å². The molecule has 1 heterocycles. The molecule has 1 N–H and O–H groups in total. The number of benzene rings is 2. The second-order valence-electron chi connectivity index (χ2n) is 6.19. The first-order valence-corrected chi connectivity index (χ1v) is 9.58. The molecule has 0 bridgehead atoms. The average Bonchev–Trinajstić information content (AvgIpc) is 3.15. The number of aromatic nitrogens is 1. The number of non-ortho nitro benzene ring substituents is 1. The molecule has 0 saturated carbocycles. The van der Waals surface area contributed by atoms with Crippen LogP contribution in [-0.2, 0) is 19.7 Å². The van der Waals surface area contributed by atoms with E-state index in [1.165, 1.54) is 17.7 Å². The van der Waals surface area contributed by atoms with Gasteiger partial charge in [0, 0.05) is 36.2 Å². The highest BCUT2D eigenvalue weighted by molar-refractivity contribution is 7.09. The van der Waals surface area contributed by atoms with Gasteiger partial charge in [-0.2, -0.15) is 0 Å². The van der Waals surface area contributed by atoms with E-state index >= 15 is 0 Å². The zero-order chi connectivity index (χ0) is 19.9. The Morgan fingerprint density at radius 3 is 2.68 bits per heavy atom. The van der Waals surface area contributed by atoms with Crippen LogP contribution in [0.1, 0.15) is 21.8 Å². The summed E-state index contributed by atoms with van der Waals surface area (Å²) in [5, 5.41) is 17.1. The van der Waals surface area contributed by atoms with Gasteiger partial charge < -0.3 is 14.8 Å². The minimum absolute atomic E-state index is 0.0433. The molecule has 0 radical (unpaired) electrons. The van der Waals surface area contributed by atoms with Crippen molar-refractivity contribution < 1.29 is 14.4 Å². The number of nitrogens with zero attached hydrogens (tertiary/aromatic N) is 2. The van der Waals surface area contributed by atoms with Crippen molar-refractivity contribution in [3.63, 3.8) is 0 Å². The van der Waals surface area contributed by atoms with Gasteiger partial charge in [0.2, 0.25) is 0 Å². The molecule has 7 nitrogen and oxygen atoms in total. The Hall–Kier alpha value is -2.97. The molecule has 0 amide bonds. The number of nitrogens with one attached hydrogen (secondary N) is 1. The molecule has 0 atom stereocenters. The van der Waals surface area contributed by atoms with E-state index in [2.05, 4.69) is 10.3 Å². The van der Waals surface area contributed by atoms with Crippen molar-refractivity contribution in [2.24, 2.45) is 0 Å². The normalized spacial score (nSPS) is 10.6. The third kappa shape index (κ3) is 5.28. The van der Waals surface area contributed by atoms with E-state index in [1.807, 2.05) is 36.6 Å². The first-order chi connectivity index (χ1) is 13.5. The van der Waals surface area contributed by atoms with Crippen molar-refractivity contribution >= 4 is 17.0 Å². The predicted octanol–water partition coefficient (Wildman–Crippen LogP) is 4.24. The van der Waals surface area contributed by atoms with Gasteiger partial charge in [-0.15, -0.1) is 11.3 Å². The summed E-state index contributed by atoms with van der Waals surface area (Å²) in [4.78, 5) is 15.1. The van der Waals surface area contributed by atoms with Crippen molar-refractivity contribution in [1.82, 2.24) is 10.3 Å². The predicted molar refractivity (Wildman–Crippen MR) is 108 cm³/mol. The quantitative estimate of drug-likeness (QED) is 0.428.